The van der Waals surface area contributed by atoms with Crippen LogP contribution in [0.25, 0.3) is 0 Å². The Hall–Kier alpha value is -3.36. The lowest BCUT2D eigenvalue weighted by Gasteiger charge is -2.42. The molecule has 28 heavy (non-hydrogen) atoms. The zero-order valence-corrected chi connectivity index (χ0v) is 15.5. The van der Waals surface area contributed by atoms with Gasteiger partial charge in [-0.25, -0.2) is 0 Å². The second-order valence-electron chi connectivity index (χ2n) is 7.75. The molecule has 0 saturated heterocycles. The molecule has 2 bridgehead atoms. The highest BCUT2D eigenvalue weighted by atomic mass is 14.9. The molecule has 2 nitrogen and oxygen atoms in total. The number of hydrogen-bond donors (Lipinski definition) is 2. The van der Waals surface area contributed by atoms with Gasteiger partial charge in [0.15, 0.2) is 5.69 Å². The largest absolute Gasteiger partial charge is 0.394 e. The molecule has 0 heterocycles. The second-order valence-corrected chi connectivity index (χ2v) is 7.75. The first-order valence-corrected chi connectivity index (χ1v) is 9.82. The number of para-hydroxylation sites is 2. The maximum atomic E-state index is 6.24. The molecule has 2 heteroatoms. The van der Waals surface area contributed by atoms with Gasteiger partial charge in [0.25, 0.3) is 0 Å². The summed E-state index contributed by atoms with van der Waals surface area (Å²) in [4.78, 5) is 0. The summed E-state index contributed by atoms with van der Waals surface area (Å²) in [5.41, 5.74) is 18.1. The van der Waals surface area contributed by atoms with E-state index in [9.17, 15) is 0 Å². The van der Waals surface area contributed by atoms with Crippen LogP contribution in [-0.4, -0.2) is 0 Å². The first kappa shape index (κ1) is 15.7. The average molecular weight is 361 g/mol. The van der Waals surface area contributed by atoms with Crippen molar-refractivity contribution >= 4 is 17.1 Å². The van der Waals surface area contributed by atoms with Crippen LogP contribution in [0.2, 0.25) is 0 Å². The Labute approximate surface area is 164 Å². The molecular weight excluding hydrogens is 340 g/mol. The van der Waals surface area contributed by atoms with Crippen molar-refractivity contribution < 1.29 is 5.32 Å². The molecular formula is C26H21N2+. The van der Waals surface area contributed by atoms with Crippen LogP contribution in [-0.2, 0) is 0 Å². The van der Waals surface area contributed by atoms with Gasteiger partial charge in [-0.05, 0) is 39.9 Å². The summed E-state index contributed by atoms with van der Waals surface area (Å²) < 4.78 is 0. The van der Waals surface area contributed by atoms with Crippen LogP contribution in [0.3, 0.4) is 0 Å². The van der Waals surface area contributed by atoms with E-state index in [4.69, 9.17) is 5.73 Å². The Bertz CT molecular complexity index is 1180. The summed E-state index contributed by atoms with van der Waals surface area (Å²) in [7, 11) is 0. The summed E-state index contributed by atoms with van der Waals surface area (Å²) in [6.07, 6.45) is 0. The first-order valence-electron chi connectivity index (χ1n) is 9.82. The van der Waals surface area contributed by atoms with Crippen LogP contribution in [0, 0.1) is 0 Å². The minimum absolute atomic E-state index is 0.282. The minimum atomic E-state index is 0.282. The van der Waals surface area contributed by atoms with Crippen LogP contribution in [0.4, 0.5) is 17.1 Å². The fraction of sp³-hybridized carbons (Fsp3) is 0.0769. The molecule has 0 fully saturated rings. The van der Waals surface area contributed by atoms with E-state index in [2.05, 4.69) is 78.1 Å². The number of rotatable bonds is 2. The minimum Gasteiger partial charge on any atom is -0.394 e. The third-order valence-corrected chi connectivity index (χ3v) is 6.32. The Morgan fingerprint density at radius 3 is 1.64 bits per heavy atom. The third-order valence-electron chi connectivity index (χ3n) is 6.32. The summed E-state index contributed by atoms with van der Waals surface area (Å²) in [5, 5.41) is 2.25. The molecule has 7 rings (SSSR count). The molecule has 0 aromatic heterocycles. The topological polar surface area (TPSA) is 42.6 Å². The molecule has 0 spiro atoms. The summed E-state index contributed by atoms with van der Waals surface area (Å²) in [5.74, 6) is 0.596. The lowest BCUT2D eigenvalue weighted by atomic mass is 9.61. The van der Waals surface area contributed by atoms with Gasteiger partial charge in [0, 0.05) is 23.5 Å². The van der Waals surface area contributed by atoms with Crippen molar-refractivity contribution in [3.05, 3.63) is 124 Å². The summed E-state index contributed by atoms with van der Waals surface area (Å²) in [6.45, 7) is 0. The number of quaternary nitrogens is 1. The van der Waals surface area contributed by atoms with E-state index >= 15 is 0 Å². The van der Waals surface area contributed by atoms with E-state index in [0.29, 0.717) is 5.92 Å². The molecule has 3 aliphatic rings. The standard InChI is InChI=1S/C26H20N2/c27-21-13-5-6-14-22(21)28-23-15-7-12-20-24-16-8-1-3-10-18(16)25(26(20)23)19-11-4-2-9-17(19)24/h1-15,24-25,28H,27H2/p+1. The number of hydrogen-bond acceptors (Lipinski definition) is 1. The zero-order valence-electron chi connectivity index (χ0n) is 15.5. The predicted octanol–water partition coefficient (Wildman–Crippen LogP) is 4.78. The van der Waals surface area contributed by atoms with Gasteiger partial charge in [0.2, 0.25) is 0 Å². The lowest BCUT2D eigenvalue weighted by molar-refractivity contribution is -0.478. The quantitative estimate of drug-likeness (QED) is 0.428. The Balaban J connectivity index is 1.60. The Morgan fingerprint density at radius 2 is 1.00 bits per heavy atom. The Morgan fingerprint density at radius 1 is 0.500 bits per heavy atom. The van der Waals surface area contributed by atoms with Crippen LogP contribution in [0.1, 0.15) is 45.2 Å². The van der Waals surface area contributed by atoms with Gasteiger partial charge in [0.05, 0.1) is 5.69 Å². The van der Waals surface area contributed by atoms with Crippen LogP contribution in [0.15, 0.2) is 91.0 Å². The molecule has 4 N–H and O–H groups in total. The molecule has 3 aliphatic carbocycles. The highest BCUT2D eigenvalue weighted by molar-refractivity contribution is 5.72. The maximum absolute atomic E-state index is 6.24. The molecule has 0 atom stereocenters. The van der Waals surface area contributed by atoms with Gasteiger partial charge in [-0.2, -0.15) is 0 Å². The van der Waals surface area contributed by atoms with Gasteiger partial charge >= 0.3 is 0 Å². The molecule has 4 aromatic rings. The van der Waals surface area contributed by atoms with Crippen LogP contribution < -0.4 is 11.1 Å². The molecule has 4 aromatic carbocycles. The zero-order chi connectivity index (χ0) is 18.7. The van der Waals surface area contributed by atoms with Crippen LogP contribution in [0.5, 0.6) is 0 Å². The highest BCUT2D eigenvalue weighted by Gasteiger charge is 2.43. The number of anilines is 1. The number of benzene rings is 4. The lowest BCUT2D eigenvalue weighted by Crippen LogP contribution is -2.72. The molecule has 0 amide bonds. The van der Waals surface area contributed by atoms with E-state index in [1.807, 2.05) is 18.2 Å². The monoisotopic (exact) mass is 361 g/mol. The fourth-order valence-corrected chi connectivity index (χ4v) is 5.18. The van der Waals surface area contributed by atoms with Crippen molar-refractivity contribution in [2.75, 3.05) is 5.73 Å². The van der Waals surface area contributed by atoms with Crippen LogP contribution >= 0.6 is 0 Å². The molecule has 134 valence electrons. The van der Waals surface area contributed by atoms with Crippen molar-refractivity contribution in [1.29, 1.82) is 0 Å². The van der Waals surface area contributed by atoms with Crippen molar-refractivity contribution in [3.63, 3.8) is 0 Å². The van der Waals surface area contributed by atoms with Gasteiger partial charge in [-0.15, -0.1) is 0 Å². The second kappa shape index (κ2) is 5.82. The van der Waals surface area contributed by atoms with Gasteiger partial charge in [-0.1, -0.05) is 72.8 Å². The van der Waals surface area contributed by atoms with Crippen molar-refractivity contribution in [2.24, 2.45) is 0 Å². The molecule has 0 saturated carbocycles. The fourth-order valence-electron chi connectivity index (χ4n) is 5.18. The van der Waals surface area contributed by atoms with Crippen molar-refractivity contribution in [2.45, 2.75) is 11.8 Å². The summed E-state index contributed by atoms with van der Waals surface area (Å²) >= 11 is 0. The summed E-state index contributed by atoms with van der Waals surface area (Å²) in [6, 6.07) is 32.7. The Kier molecular flexibility index (Phi) is 3.26. The van der Waals surface area contributed by atoms with Gasteiger partial charge < -0.3 is 5.73 Å². The number of nitrogen functional groups attached to an aromatic ring is 1. The van der Waals surface area contributed by atoms with E-state index in [0.717, 1.165) is 11.4 Å². The van der Waals surface area contributed by atoms with Gasteiger partial charge in [0.1, 0.15) is 5.69 Å². The molecule has 0 unspecified atom stereocenters. The van der Waals surface area contributed by atoms with E-state index in [1.165, 1.54) is 39.1 Å². The smallest absolute Gasteiger partial charge is 0.157 e. The normalized spacial score (nSPS) is 18.3. The van der Waals surface area contributed by atoms with E-state index in [1.54, 1.807) is 0 Å². The molecule has 0 radical (unpaired) electrons. The third kappa shape index (κ3) is 2.07. The molecule has 0 aliphatic heterocycles. The van der Waals surface area contributed by atoms with Crippen molar-refractivity contribution in [3.8, 4) is 0 Å². The first-order chi connectivity index (χ1) is 13.8. The van der Waals surface area contributed by atoms with Gasteiger partial charge in [-0.3, -0.25) is 5.32 Å². The predicted molar refractivity (Wildman–Crippen MR) is 113 cm³/mol. The van der Waals surface area contributed by atoms with E-state index in [-0.39, 0.29) is 5.92 Å². The maximum Gasteiger partial charge on any atom is 0.157 e. The van der Waals surface area contributed by atoms with E-state index < -0.39 is 0 Å². The number of nitrogens with two attached hydrogens (primary N) is 2. The van der Waals surface area contributed by atoms with Crippen molar-refractivity contribution in [1.82, 2.24) is 0 Å². The SMILES string of the molecule is Nc1ccccc1[NH2+]c1cccc2c1C1c3ccccc3C2c2ccccc21. The average Bonchev–Trinajstić information content (AvgIpc) is 2.75. The highest BCUT2D eigenvalue weighted by Crippen LogP contribution is 2.56.